The third kappa shape index (κ3) is 2.46. The second kappa shape index (κ2) is 5.00. The summed E-state index contributed by atoms with van der Waals surface area (Å²) in [5.74, 6) is 0.645. The largest absolute Gasteiger partial charge is 0.399 e. The van der Waals surface area contributed by atoms with E-state index in [2.05, 4.69) is 31.2 Å². The summed E-state index contributed by atoms with van der Waals surface area (Å²) in [5, 5.41) is 3.92. The zero-order valence-electron chi connectivity index (χ0n) is 10.7. The number of hydrogen-bond acceptors (Lipinski definition) is 3. The normalized spacial score (nSPS) is 10.9. The summed E-state index contributed by atoms with van der Waals surface area (Å²) in [6.07, 6.45) is 0. The molecule has 2 aromatic carbocycles. The van der Waals surface area contributed by atoms with Crippen LogP contribution in [-0.2, 0) is 0 Å². The van der Waals surface area contributed by atoms with Gasteiger partial charge in [-0.1, -0.05) is 11.6 Å². The SMILES string of the molecule is Cc1cc(Br)c(Nc2nc3ccc(N)cc3[nH]2)cc1Cl. The highest BCUT2D eigenvalue weighted by molar-refractivity contribution is 9.10. The average molecular weight is 352 g/mol. The summed E-state index contributed by atoms with van der Waals surface area (Å²) in [6, 6.07) is 9.38. The molecule has 0 saturated heterocycles. The number of anilines is 3. The molecule has 0 unspecified atom stereocenters. The average Bonchev–Trinajstić information content (AvgIpc) is 2.77. The van der Waals surface area contributed by atoms with Crippen LogP contribution in [0.5, 0.6) is 0 Å². The Hall–Kier alpha value is -1.72. The molecule has 0 atom stereocenters. The van der Waals surface area contributed by atoms with Crippen molar-refractivity contribution in [1.82, 2.24) is 9.97 Å². The van der Waals surface area contributed by atoms with Crippen molar-refractivity contribution >= 4 is 55.9 Å². The fourth-order valence-electron chi connectivity index (χ4n) is 1.96. The first-order valence-electron chi connectivity index (χ1n) is 6.01. The van der Waals surface area contributed by atoms with Gasteiger partial charge in [0, 0.05) is 15.2 Å². The van der Waals surface area contributed by atoms with Gasteiger partial charge in [-0.25, -0.2) is 4.98 Å². The Bertz CT molecular complexity index is 797. The van der Waals surface area contributed by atoms with E-state index in [1.807, 2.05) is 37.3 Å². The van der Waals surface area contributed by atoms with Gasteiger partial charge in [-0.3, -0.25) is 0 Å². The number of nitrogen functional groups attached to an aromatic ring is 1. The van der Waals surface area contributed by atoms with Crippen LogP contribution in [0.15, 0.2) is 34.8 Å². The van der Waals surface area contributed by atoms with E-state index in [1.54, 1.807) is 0 Å². The number of halogens is 2. The van der Waals surface area contributed by atoms with Gasteiger partial charge in [0.25, 0.3) is 0 Å². The van der Waals surface area contributed by atoms with Crippen molar-refractivity contribution in [3.8, 4) is 0 Å². The van der Waals surface area contributed by atoms with Crippen LogP contribution in [-0.4, -0.2) is 9.97 Å². The minimum atomic E-state index is 0.645. The number of benzene rings is 2. The predicted molar refractivity (Wildman–Crippen MR) is 87.7 cm³/mol. The second-order valence-electron chi connectivity index (χ2n) is 4.57. The van der Waals surface area contributed by atoms with E-state index in [1.165, 1.54) is 0 Å². The first-order chi connectivity index (χ1) is 9.52. The molecular formula is C14H12BrClN4. The van der Waals surface area contributed by atoms with Crippen molar-refractivity contribution in [2.45, 2.75) is 6.92 Å². The topological polar surface area (TPSA) is 66.7 Å². The zero-order valence-corrected chi connectivity index (χ0v) is 13.0. The summed E-state index contributed by atoms with van der Waals surface area (Å²) >= 11 is 9.65. The number of imidazole rings is 1. The van der Waals surface area contributed by atoms with Crippen molar-refractivity contribution in [2.75, 3.05) is 11.1 Å². The maximum atomic E-state index is 6.14. The minimum absolute atomic E-state index is 0.645. The standard InChI is InChI=1S/C14H12BrClN4/c1-7-4-9(15)12(6-10(7)16)19-14-18-11-3-2-8(17)5-13(11)20-14/h2-6H,17H2,1H3,(H2,18,19,20). The zero-order chi connectivity index (χ0) is 14.3. The number of H-pyrrole nitrogens is 1. The molecule has 1 heterocycles. The fourth-order valence-corrected chi connectivity index (χ4v) is 2.68. The Balaban J connectivity index is 1.99. The van der Waals surface area contributed by atoms with E-state index in [0.717, 1.165) is 26.8 Å². The molecule has 0 aliphatic heterocycles. The van der Waals surface area contributed by atoms with Gasteiger partial charge in [-0.15, -0.1) is 0 Å². The number of nitrogens with one attached hydrogen (secondary N) is 2. The predicted octanol–water partition coefficient (Wildman–Crippen LogP) is 4.61. The van der Waals surface area contributed by atoms with Gasteiger partial charge in [-0.2, -0.15) is 0 Å². The first-order valence-corrected chi connectivity index (χ1v) is 7.18. The molecule has 0 radical (unpaired) electrons. The van der Waals surface area contributed by atoms with Crippen molar-refractivity contribution in [3.63, 3.8) is 0 Å². The van der Waals surface area contributed by atoms with Gasteiger partial charge in [0.05, 0.1) is 16.7 Å². The molecule has 1 aromatic heterocycles. The van der Waals surface area contributed by atoms with Gasteiger partial charge in [0.2, 0.25) is 5.95 Å². The summed E-state index contributed by atoms with van der Waals surface area (Å²) < 4.78 is 0.930. The monoisotopic (exact) mass is 350 g/mol. The van der Waals surface area contributed by atoms with Crippen molar-refractivity contribution < 1.29 is 0 Å². The molecule has 0 fully saturated rings. The third-order valence-electron chi connectivity index (χ3n) is 3.01. The molecule has 102 valence electrons. The van der Waals surface area contributed by atoms with E-state index in [-0.39, 0.29) is 0 Å². The fraction of sp³-hybridized carbons (Fsp3) is 0.0714. The van der Waals surface area contributed by atoms with Gasteiger partial charge in [0.15, 0.2) is 0 Å². The van der Waals surface area contributed by atoms with Crippen LogP contribution in [0.3, 0.4) is 0 Å². The van der Waals surface area contributed by atoms with Crippen LogP contribution in [0.25, 0.3) is 11.0 Å². The summed E-state index contributed by atoms with van der Waals surface area (Å²) in [4.78, 5) is 7.64. The molecule has 0 bridgehead atoms. The van der Waals surface area contributed by atoms with E-state index < -0.39 is 0 Å². The van der Waals surface area contributed by atoms with E-state index in [0.29, 0.717) is 16.7 Å². The van der Waals surface area contributed by atoms with E-state index >= 15 is 0 Å². The quantitative estimate of drug-likeness (QED) is 0.590. The summed E-state index contributed by atoms with van der Waals surface area (Å²) in [5.41, 5.74) is 10.1. The minimum Gasteiger partial charge on any atom is -0.399 e. The highest BCUT2D eigenvalue weighted by Gasteiger charge is 2.08. The summed E-state index contributed by atoms with van der Waals surface area (Å²) in [6.45, 7) is 1.96. The molecule has 6 heteroatoms. The molecule has 0 aliphatic rings. The number of nitrogens with zero attached hydrogens (tertiary/aromatic N) is 1. The van der Waals surface area contributed by atoms with Gasteiger partial charge < -0.3 is 16.0 Å². The second-order valence-corrected chi connectivity index (χ2v) is 5.83. The molecule has 3 aromatic rings. The van der Waals surface area contributed by atoms with Crippen LogP contribution >= 0.6 is 27.5 Å². The number of aromatic amines is 1. The molecule has 4 N–H and O–H groups in total. The lowest BCUT2D eigenvalue weighted by molar-refractivity contribution is 1.30. The third-order valence-corrected chi connectivity index (χ3v) is 4.07. The van der Waals surface area contributed by atoms with Crippen molar-refractivity contribution in [3.05, 3.63) is 45.4 Å². The molecule has 20 heavy (non-hydrogen) atoms. The lowest BCUT2D eigenvalue weighted by Crippen LogP contribution is -1.94. The van der Waals surface area contributed by atoms with E-state index in [9.17, 15) is 0 Å². The van der Waals surface area contributed by atoms with Gasteiger partial charge in [0.1, 0.15) is 0 Å². The molecular weight excluding hydrogens is 340 g/mol. The Morgan fingerprint density at radius 1 is 1.30 bits per heavy atom. The maximum Gasteiger partial charge on any atom is 0.205 e. The highest BCUT2D eigenvalue weighted by Crippen LogP contribution is 2.31. The maximum absolute atomic E-state index is 6.14. The Kier molecular flexibility index (Phi) is 3.31. The Morgan fingerprint density at radius 3 is 2.90 bits per heavy atom. The molecule has 0 amide bonds. The number of rotatable bonds is 2. The van der Waals surface area contributed by atoms with E-state index in [4.69, 9.17) is 17.3 Å². The van der Waals surface area contributed by atoms with Crippen molar-refractivity contribution in [2.24, 2.45) is 0 Å². The van der Waals surface area contributed by atoms with Crippen LogP contribution in [0.4, 0.5) is 17.3 Å². The van der Waals surface area contributed by atoms with Crippen LogP contribution < -0.4 is 11.1 Å². The first kappa shape index (κ1) is 13.3. The number of aryl methyl sites for hydroxylation is 1. The molecule has 0 spiro atoms. The summed E-state index contributed by atoms with van der Waals surface area (Å²) in [7, 11) is 0. The molecule has 4 nitrogen and oxygen atoms in total. The smallest absolute Gasteiger partial charge is 0.205 e. The molecule has 0 saturated carbocycles. The lowest BCUT2D eigenvalue weighted by Gasteiger charge is -2.08. The van der Waals surface area contributed by atoms with Crippen LogP contribution in [0, 0.1) is 6.92 Å². The molecule has 0 aliphatic carbocycles. The number of hydrogen-bond donors (Lipinski definition) is 3. The van der Waals surface area contributed by atoms with Crippen LogP contribution in [0.2, 0.25) is 5.02 Å². The number of fused-ring (bicyclic) bond motifs is 1. The Morgan fingerprint density at radius 2 is 2.10 bits per heavy atom. The van der Waals surface area contributed by atoms with Crippen molar-refractivity contribution in [1.29, 1.82) is 0 Å². The number of nitrogens with two attached hydrogens (primary N) is 1. The Labute approximate surface area is 129 Å². The van der Waals surface area contributed by atoms with Gasteiger partial charge >= 0.3 is 0 Å². The van der Waals surface area contributed by atoms with Gasteiger partial charge in [-0.05, 0) is 58.7 Å². The lowest BCUT2D eigenvalue weighted by atomic mass is 10.2. The van der Waals surface area contributed by atoms with Crippen LogP contribution in [0.1, 0.15) is 5.56 Å². The highest BCUT2D eigenvalue weighted by atomic mass is 79.9. The number of aromatic nitrogens is 2. The molecule has 3 rings (SSSR count).